The number of nitrogens with zero attached hydrogens (tertiary/aromatic N) is 2. The topological polar surface area (TPSA) is 144 Å². The molecule has 0 saturated carbocycles. The second-order valence-corrected chi connectivity index (χ2v) is 12.0. The van der Waals surface area contributed by atoms with E-state index in [1.165, 1.54) is 18.2 Å². The molecule has 0 aliphatic carbocycles. The zero-order chi connectivity index (χ0) is 27.5. The Balaban J connectivity index is 2.07. The molecular formula is C27H34N4O5S. The average molecular weight is 527 g/mol. The summed E-state index contributed by atoms with van der Waals surface area (Å²) in [6, 6.07) is 10.6. The van der Waals surface area contributed by atoms with Gasteiger partial charge in [-0.05, 0) is 61.9 Å². The number of ether oxygens (including phenoxy) is 1. The molecule has 0 spiro atoms. The van der Waals surface area contributed by atoms with E-state index in [1.54, 1.807) is 0 Å². The molecule has 37 heavy (non-hydrogen) atoms. The highest BCUT2D eigenvalue weighted by Gasteiger charge is 2.23. The molecule has 0 fully saturated rings. The zero-order valence-electron chi connectivity index (χ0n) is 22.0. The lowest BCUT2D eigenvalue weighted by molar-refractivity contribution is 0.0696. The fourth-order valence-corrected chi connectivity index (χ4v) is 5.11. The van der Waals surface area contributed by atoms with Crippen LogP contribution in [-0.2, 0) is 10.0 Å². The van der Waals surface area contributed by atoms with Crippen LogP contribution in [0.15, 0.2) is 47.4 Å². The Labute approximate surface area is 218 Å². The molecule has 0 aliphatic rings. The third kappa shape index (κ3) is 7.05. The number of carbonyl (C=O) groups is 1. The van der Waals surface area contributed by atoms with E-state index in [4.69, 9.17) is 10.5 Å². The van der Waals surface area contributed by atoms with Gasteiger partial charge in [-0.1, -0.05) is 45.0 Å². The van der Waals surface area contributed by atoms with Crippen LogP contribution in [0.4, 0.5) is 5.95 Å². The van der Waals surface area contributed by atoms with Crippen LogP contribution >= 0.6 is 0 Å². The van der Waals surface area contributed by atoms with E-state index in [9.17, 15) is 18.3 Å². The minimum absolute atomic E-state index is 0.0121. The molecule has 198 valence electrons. The van der Waals surface area contributed by atoms with E-state index in [0.717, 1.165) is 29.2 Å². The normalized spacial score (nSPS) is 12.7. The Kier molecular flexibility index (Phi) is 8.24. The van der Waals surface area contributed by atoms with Crippen molar-refractivity contribution in [2.45, 2.75) is 58.9 Å². The maximum absolute atomic E-state index is 13.1. The summed E-state index contributed by atoms with van der Waals surface area (Å²) in [4.78, 5) is 20.0. The van der Waals surface area contributed by atoms with Crippen molar-refractivity contribution in [3.8, 4) is 17.1 Å². The van der Waals surface area contributed by atoms with Crippen LogP contribution in [0.5, 0.6) is 5.88 Å². The molecule has 9 nitrogen and oxygen atoms in total. The molecule has 0 amide bonds. The largest absolute Gasteiger partial charge is 0.478 e. The van der Waals surface area contributed by atoms with Gasteiger partial charge in [0.1, 0.15) is 6.61 Å². The number of anilines is 1. The molecule has 2 aromatic carbocycles. The predicted molar refractivity (Wildman–Crippen MR) is 143 cm³/mol. The summed E-state index contributed by atoms with van der Waals surface area (Å²) in [5, 5.41) is 9.25. The van der Waals surface area contributed by atoms with Crippen molar-refractivity contribution in [1.29, 1.82) is 0 Å². The minimum atomic E-state index is -4.19. The fourth-order valence-electron chi connectivity index (χ4n) is 4.12. The molecule has 0 bridgehead atoms. The van der Waals surface area contributed by atoms with Crippen LogP contribution in [0.1, 0.15) is 54.2 Å². The predicted octanol–water partition coefficient (Wildman–Crippen LogP) is 4.71. The van der Waals surface area contributed by atoms with E-state index in [1.807, 2.05) is 39.0 Å². The van der Waals surface area contributed by atoms with Gasteiger partial charge in [0.25, 0.3) is 10.0 Å². The second-order valence-electron chi connectivity index (χ2n) is 10.4. The summed E-state index contributed by atoms with van der Waals surface area (Å²) in [6.07, 6.45) is 0.723. The minimum Gasteiger partial charge on any atom is -0.478 e. The van der Waals surface area contributed by atoms with Gasteiger partial charge >= 0.3 is 5.97 Å². The molecule has 0 saturated heterocycles. The van der Waals surface area contributed by atoms with E-state index >= 15 is 0 Å². The van der Waals surface area contributed by atoms with E-state index < -0.39 is 16.0 Å². The number of sulfonamides is 1. The summed E-state index contributed by atoms with van der Waals surface area (Å²) in [5.74, 6) is -1.21. The third-order valence-corrected chi connectivity index (χ3v) is 7.07. The van der Waals surface area contributed by atoms with Crippen LogP contribution in [0.3, 0.4) is 0 Å². The summed E-state index contributed by atoms with van der Waals surface area (Å²) in [7, 11) is -4.19. The quantitative estimate of drug-likeness (QED) is 0.363. The fraction of sp³-hybridized carbons (Fsp3) is 0.370. The lowest BCUT2D eigenvalue weighted by Gasteiger charge is -2.23. The number of aromatic nitrogens is 2. The smallest absolute Gasteiger partial charge is 0.335 e. The number of aryl methyl sites for hydroxylation is 2. The van der Waals surface area contributed by atoms with Crippen molar-refractivity contribution in [2.24, 2.45) is 11.1 Å². The number of benzene rings is 2. The molecule has 4 N–H and O–H groups in total. The molecule has 0 unspecified atom stereocenters. The number of hydrogen-bond acceptors (Lipinski definition) is 7. The Hall–Kier alpha value is -3.50. The number of rotatable bonds is 9. The van der Waals surface area contributed by atoms with Gasteiger partial charge < -0.3 is 15.6 Å². The van der Waals surface area contributed by atoms with Crippen molar-refractivity contribution in [1.82, 2.24) is 9.97 Å². The van der Waals surface area contributed by atoms with Crippen LogP contribution in [0.25, 0.3) is 11.3 Å². The molecule has 3 rings (SSSR count). The molecular weight excluding hydrogens is 492 g/mol. The first kappa shape index (κ1) is 28.1. The number of hydrogen-bond donors (Lipinski definition) is 3. The van der Waals surface area contributed by atoms with Crippen molar-refractivity contribution in [2.75, 3.05) is 11.3 Å². The first-order valence-corrected chi connectivity index (χ1v) is 13.4. The van der Waals surface area contributed by atoms with Crippen molar-refractivity contribution in [3.05, 3.63) is 64.7 Å². The van der Waals surface area contributed by atoms with Gasteiger partial charge in [0.2, 0.25) is 11.8 Å². The monoisotopic (exact) mass is 526 g/mol. The molecule has 1 aromatic heterocycles. The average Bonchev–Trinajstić information content (AvgIpc) is 2.78. The van der Waals surface area contributed by atoms with Crippen LogP contribution in [0, 0.1) is 26.2 Å². The van der Waals surface area contributed by atoms with Gasteiger partial charge in [0, 0.05) is 17.2 Å². The highest BCUT2D eigenvalue weighted by Crippen LogP contribution is 2.33. The number of nitrogens with one attached hydrogen (secondary N) is 1. The number of aromatic carboxylic acids is 1. The summed E-state index contributed by atoms with van der Waals surface area (Å²) in [6.45, 7) is 12.2. The first-order valence-electron chi connectivity index (χ1n) is 11.9. The Morgan fingerprint density at radius 3 is 2.30 bits per heavy atom. The molecule has 1 atom stereocenters. The van der Waals surface area contributed by atoms with Crippen LogP contribution in [0.2, 0.25) is 0 Å². The Morgan fingerprint density at radius 1 is 1.08 bits per heavy atom. The van der Waals surface area contributed by atoms with Crippen LogP contribution in [-0.4, -0.2) is 42.1 Å². The van der Waals surface area contributed by atoms with E-state index in [0.29, 0.717) is 11.3 Å². The summed E-state index contributed by atoms with van der Waals surface area (Å²) < 4.78 is 34.7. The highest BCUT2D eigenvalue weighted by atomic mass is 32.2. The summed E-state index contributed by atoms with van der Waals surface area (Å²) >= 11 is 0. The first-order chi connectivity index (χ1) is 17.2. The Morgan fingerprint density at radius 2 is 1.70 bits per heavy atom. The second kappa shape index (κ2) is 10.9. The van der Waals surface area contributed by atoms with Crippen molar-refractivity contribution >= 4 is 21.9 Å². The standard InChI is InChI=1S/C27H34N4O5S/c1-16-9-7-10-17(2)22(16)23-18(3)24(36-15-20(28)14-27(4,5)6)30-26(29-23)31-37(34,35)21-12-8-11-19(13-21)25(32)33/h7-13,20H,14-15,28H2,1-6H3,(H,32,33)(H,29,30,31)/t20-/m1/s1. The van der Waals surface area contributed by atoms with Gasteiger partial charge in [-0.2, -0.15) is 4.98 Å². The number of nitrogens with two attached hydrogens (primary N) is 1. The van der Waals surface area contributed by atoms with Gasteiger partial charge in [-0.15, -0.1) is 0 Å². The van der Waals surface area contributed by atoms with Crippen molar-refractivity contribution < 1.29 is 23.1 Å². The van der Waals surface area contributed by atoms with Gasteiger partial charge in [-0.3, -0.25) is 0 Å². The molecule has 0 aliphatic heterocycles. The summed E-state index contributed by atoms with van der Waals surface area (Å²) in [5.41, 5.74) is 10.1. The Bertz CT molecular complexity index is 1390. The highest BCUT2D eigenvalue weighted by molar-refractivity contribution is 7.92. The lowest BCUT2D eigenvalue weighted by Crippen LogP contribution is -2.32. The zero-order valence-corrected chi connectivity index (χ0v) is 22.8. The maximum Gasteiger partial charge on any atom is 0.335 e. The molecule has 10 heteroatoms. The van der Waals surface area contributed by atoms with E-state index in [2.05, 4.69) is 35.5 Å². The molecule has 1 heterocycles. The molecule has 0 radical (unpaired) electrons. The van der Waals surface area contributed by atoms with Crippen molar-refractivity contribution in [3.63, 3.8) is 0 Å². The van der Waals surface area contributed by atoms with Gasteiger partial charge in [-0.25, -0.2) is 22.9 Å². The number of carboxylic acids is 1. The number of carboxylic acid groups (broad SMARTS) is 1. The lowest BCUT2D eigenvalue weighted by atomic mass is 9.89. The van der Waals surface area contributed by atoms with Crippen LogP contribution < -0.4 is 15.2 Å². The maximum atomic E-state index is 13.1. The SMILES string of the molecule is Cc1cccc(C)c1-c1nc(NS(=O)(=O)c2cccc(C(=O)O)c2)nc(OC[C@H](N)CC(C)(C)C)c1C. The third-order valence-electron chi connectivity index (χ3n) is 5.74. The molecule has 3 aromatic rings. The van der Waals surface area contributed by atoms with E-state index in [-0.39, 0.29) is 40.4 Å². The van der Waals surface area contributed by atoms with Gasteiger partial charge in [0.15, 0.2) is 0 Å². The van der Waals surface area contributed by atoms with Gasteiger partial charge in [0.05, 0.1) is 16.2 Å².